The van der Waals surface area contributed by atoms with E-state index < -0.39 is 15.9 Å². The van der Waals surface area contributed by atoms with Crippen LogP contribution in [0.1, 0.15) is 64.4 Å². The number of sulfone groups is 1. The summed E-state index contributed by atoms with van der Waals surface area (Å²) < 4.78 is 30.8. The fourth-order valence-corrected chi connectivity index (χ4v) is 5.17. The Bertz CT molecular complexity index is 681. The topological polar surface area (TPSA) is 72.5 Å². The summed E-state index contributed by atoms with van der Waals surface area (Å²) in [6.07, 6.45) is 6.07. The fourth-order valence-electron chi connectivity index (χ4n) is 3.24. The van der Waals surface area contributed by atoms with Crippen molar-refractivity contribution in [1.29, 1.82) is 0 Å². The van der Waals surface area contributed by atoms with Crippen molar-refractivity contribution < 1.29 is 17.9 Å². The van der Waals surface area contributed by atoms with Crippen molar-refractivity contribution in [3.63, 3.8) is 0 Å². The lowest BCUT2D eigenvalue weighted by molar-refractivity contribution is -0.126. The molecule has 1 saturated carbocycles. The molecule has 1 fully saturated rings. The molecule has 1 aliphatic rings. The number of hydrogen-bond donors (Lipinski definition) is 1. The summed E-state index contributed by atoms with van der Waals surface area (Å²) in [5.74, 6) is -0.183. The van der Waals surface area contributed by atoms with Crippen LogP contribution < -0.4 is 5.32 Å². The van der Waals surface area contributed by atoms with Crippen LogP contribution in [-0.4, -0.2) is 32.3 Å². The first-order valence-corrected chi connectivity index (χ1v) is 11.4. The Hall–Kier alpha value is -1.40. The fraction of sp³-hybridized carbons (Fsp3) is 0.650. The highest BCUT2D eigenvalue weighted by Gasteiger charge is 2.27. The predicted molar refractivity (Wildman–Crippen MR) is 105 cm³/mol. The summed E-state index contributed by atoms with van der Waals surface area (Å²) in [6, 6.07) is 7.10. The van der Waals surface area contributed by atoms with Crippen LogP contribution in [0.4, 0.5) is 5.69 Å². The Labute approximate surface area is 157 Å². The third kappa shape index (κ3) is 6.40. The maximum Gasteiger partial charge on any atom is 0.253 e. The molecule has 0 spiro atoms. The number of rotatable bonds is 9. The summed E-state index contributed by atoms with van der Waals surface area (Å²) in [5.41, 5.74) is 1.32. The van der Waals surface area contributed by atoms with Gasteiger partial charge in [0.2, 0.25) is 0 Å². The molecule has 5 nitrogen and oxygen atoms in total. The average Bonchev–Trinajstić information content (AvgIpc) is 2.62. The SMILES string of the molecule is CCCCOC(C)C(=O)Nc1cccc(CS(=O)(=O)C2CCCCC2)c1. The first kappa shape index (κ1) is 20.9. The highest BCUT2D eigenvalue weighted by Crippen LogP contribution is 2.26. The Morgan fingerprint density at radius 3 is 2.69 bits per heavy atom. The molecule has 0 radical (unpaired) electrons. The van der Waals surface area contributed by atoms with E-state index in [2.05, 4.69) is 12.2 Å². The second-order valence-electron chi connectivity index (χ2n) is 7.12. The van der Waals surface area contributed by atoms with Gasteiger partial charge in [-0.2, -0.15) is 0 Å². The third-order valence-corrected chi connectivity index (χ3v) is 7.08. The molecule has 1 aromatic rings. The Morgan fingerprint density at radius 1 is 1.27 bits per heavy atom. The number of amides is 1. The maximum absolute atomic E-state index is 12.6. The Balaban J connectivity index is 1.95. The molecular formula is C20H31NO4S. The van der Waals surface area contributed by atoms with Crippen molar-refractivity contribution in [3.05, 3.63) is 29.8 Å². The van der Waals surface area contributed by atoms with Gasteiger partial charge in [-0.05, 0) is 43.9 Å². The summed E-state index contributed by atoms with van der Waals surface area (Å²) >= 11 is 0. The molecule has 1 aromatic carbocycles. The van der Waals surface area contributed by atoms with E-state index in [9.17, 15) is 13.2 Å². The number of anilines is 1. The first-order chi connectivity index (χ1) is 12.4. The van der Waals surface area contributed by atoms with E-state index in [1.54, 1.807) is 31.2 Å². The molecule has 26 heavy (non-hydrogen) atoms. The van der Waals surface area contributed by atoms with E-state index in [0.29, 0.717) is 17.9 Å². The minimum atomic E-state index is -3.15. The van der Waals surface area contributed by atoms with Crippen LogP contribution in [0.2, 0.25) is 0 Å². The van der Waals surface area contributed by atoms with Crippen LogP contribution in [0.25, 0.3) is 0 Å². The second-order valence-corrected chi connectivity index (χ2v) is 9.40. The lowest BCUT2D eigenvalue weighted by atomic mass is 10.0. The summed E-state index contributed by atoms with van der Waals surface area (Å²) in [7, 11) is -3.15. The molecule has 0 aliphatic heterocycles. The maximum atomic E-state index is 12.6. The highest BCUT2D eigenvalue weighted by atomic mass is 32.2. The molecule has 0 heterocycles. The van der Waals surface area contributed by atoms with Crippen molar-refractivity contribution in [3.8, 4) is 0 Å². The third-order valence-electron chi connectivity index (χ3n) is 4.86. The summed E-state index contributed by atoms with van der Waals surface area (Å²) in [4.78, 5) is 12.2. The van der Waals surface area contributed by atoms with Gasteiger partial charge in [-0.1, -0.05) is 44.7 Å². The van der Waals surface area contributed by atoms with Crippen molar-refractivity contribution in [2.75, 3.05) is 11.9 Å². The van der Waals surface area contributed by atoms with Gasteiger partial charge in [0.1, 0.15) is 6.10 Å². The minimum absolute atomic E-state index is 0.0317. The standard InChI is InChI=1S/C20H31NO4S/c1-3-4-13-25-16(2)20(22)21-18-10-8-9-17(14-18)15-26(23,24)19-11-6-5-7-12-19/h8-10,14,16,19H,3-7,11-13,15H2,1-2H3,(H,21,22). The van der Waals surface area contributed by atoms with Crippen LogP contribution in [0.3, 0.4) is 0 Å². The van der Waals surface area contributed by atoms with Gasteiger partial charge < -0.3 is 10.1 Å². The molecule has 1 unspecified atom stereocenters. The number of nitrogens with one attached hydrogen (secondary N) is 1. The number of unbranched alkanes of at least 4 members (excludes halogenated alkanes) is 1. The summed E-state index contributed by atoms with van der Waals surface area (Å²) in [5, 5.41) is 2.59. The van der Waals surface area contributed by atoms with E-state index in [1.165, 1.54) is 0 Å². The minimum Gasteiger partial charge on any atom is -0.369 e. The molecule has 0 bridgehead atoms. The number of carbonyl (C=O) groups excluding carboxylic acids is 1. The highest BCUT2D eigenvalue weighted by molar-refractivity contribution is 7.91. The number of carbonyl (C=O) groups is 1. The van der Waals surface area contributed by atoms with E-state index in [1.807, 2.05) is 0 Å². The largest absolute Gasteiger partial charge is 0.369 e. The van der Waals surface area contributed by atoms with Gasteiger partial charge in [0, 0.05) is 12.3 Å². The van der Waals surface area contributed by atoms with Gasteiger partial charge in [0.15, 0.2) is 9.84 Å². The first-order valence-electron chi connectivity index (χ1n) is 9.65. The monoisotopic (exact) mass is 381 g/mol. The zero-order valence-corrected chi connectivity index (χ0v) is 16.7. The Kier molecular flexibility index (Phi) is 8.10. The smallest absolute Gasteiger partial charge is 0.253 e. The van der Waals surface area contributed by atoms with Crippen LogP contribution in [0.5, 0.6) is 0 Å². The molecule has 1 atom stereocenters. The van der Waals surface area contributed by atoms with E-state index in [0.717, 1.165) is 44.9 Å². The van der Waals surface area contributed by atoms with Gasteiger partial charge in [-0.3, -0.25) is 4.79 Å². The molecule has 6 heteroatoms. The number of benzene rings is 1. The van der Waals surface area contributed by atoms with Crippen molar-refractivity contribution in [1.82, 2.24) is 0 Å². The molecular weight excluding hydrogens is 350 g/mol. The molecule has 2 rings (SSSR count). The van der Waals surface area contributed by atoms with Crippen LogP contribution in [0, 0.1) is 0 Å². The predicted octanol–water partition coefficient (Wildman–Crippen LogP) is 4.08. The zero-order valence-electron chi connectivity index (χ0n) is 15.9. The van der Waals surface area contributed by atoms with Crippen molar-refractivity contribution in [2.24, 2.45) is 0 Å². The van der Waals surface area contributed by atoms with E-state index in [4.69, 9.17) is 4.74 Å². The molecule has 1 N–H and O–H groups in total. The lowest BCUT2D eigenvalue weighted by Crippen LogP contribution is -2.28. The molecule has 146 valence electrons. The van der Waals surface area contributed by atoms with Gasteiger partial charge in [-0.25, -0.2) is 8.42 Å². The van der Waals surface area contributed by atoms with Gasteiger partial charge in [0.05, 0.1) is 11.0 Å². The normalized spacial score (nSPS) is 17.0. The lowest BCUT2D eigenvalue weighted by Gasteiger charge is -2.22. The van der Waals surface area contributed by atoms with Crippen LogP contribution in [-0.2, 0) is 25.1 Å². The van der Waals surface area contributed by atoms with E-state index in [-0.39, 0.29) is 16.9 Å². The van der Waals surface area contributed by atoms with Gasteiger partial charge in [0.25, 0.3) is 5.91 Å². The molecule has 1 aliphatic carbocycles. The zero-order chi connectivity index (χ0) is 19.0. The average molecular weight is 382 g/mol. The number of hydrogen-bond acceptors (Lipinski definition) is 4. The van der Waals surface area contributed by atoms with E-state index >= 15 is 0 Å². The number of ether oxygens (including phenoxy) is 1. The van der Waals surface area contributed by atoms with Gasteiger partial charge in [-0.15, -0.1) is 0 Å². The molecule has 0 saturated heterocycles. The van der Waals surface area contributed by atoms with Gasteiger partial charge >= 0.3 is 0 Å². The second kappa shape index (κ2) is 10.1. The molecule has 1 amide bonds. The van der Waals surface area contributed by atoms with Crippen molar-refractivity contribution >= 4 is 21.4 Å². The Morgan fingerprint density at radius 2 is 2.00 bits per heavy atom. The summed E-state index contributed by atoms with van der Waals surface area (Å²) in [6.45, 7) is 4.36. The van der Waals surface area contributed by atoms with Crippen molar-refractivity contribution in [2.45, 2.75) is 75.9 Å². The van der Waals surface area contributed by atoms with Crippen LogP contribution in [0.15, 0.2) is 24.3 Å². The quantitative estimate of drug-likeness (QED) is 0.654. The van der Waals surface area contributed by atoms with Crippen LogP contribution >= 0.6 is 0 Å². The molecule has 0 aromatic heterocycles.